The van der Waals surface area contributed by atoms with Crippen molar-refractivity contribution in [1.29, 1.82) is 0 Å². The van der Waals surface area contributed by atoms with E-state index in [1.807, 2.05) is 27.7 Å². The van der Waals surface area contributed by atoms with Crippen LogP contribution in [-0.4, -0.2) is 35.5 Å². The number of ether oxygens (including phenoxy) is 1. The summed E-state index contributed by atoms with van der Waals surface area (Å²) < 4.78 is 4.93. The molecule has 0 bridgehead atoms. The Kier molecular flexibility index (Phi) is 4.90. The Morgan fingerprint density at radius 2 is 1.70 bits per heavy atom. The quantitative estimate of drug-likeness (QED) is 0.525. The van der Waals surface area contributed by atoms with Crippen molar-refractivity contribution in [1.82, 2.24) is 0 Å². The maximum Gasteiger partial charge on any atom is 0.338 e. The molecule has 1 N–H and O–H groups in total. The van der Waals surface area contributed by atoms with E-state index in [-0.39, 0.29) is 39.8 Å². The third-order valence-electron chi connectivity index (χ3n) is 8.55. The second kappa shape index (κ2) is 6.99. The zero-order valence-corrected chi connectivity index (χ0v) is 20.3. The molecular formula is C27H30O6. The molecule has 174 valence electrons. The summed E-state index contributed by atoms with van der Waals surface area (Å²) in [5, 5.41) is 10.6. The van der Waals surface area contributed by atoms with Gasteiger partial charge in [0, 0.05) is 11.0 Å². The molecule has 6 heteroatoms. The molecule has 0 saturated heterocycles. The Morgan fingerprint density at radius 1 is 1.06 bits per heavy atom. The van der Waals surface area contributed by atoms with Gasteiger partial charge in [-0.05, 0) is 70.1 Å². The van der Waals surface area contributed by atoms with Crippen LogP contribution in [0.2, 0.25) is 0 Å². The third kappa shape index (κ3) is 2.79. The summed E-state index contributed by atoms with van der Waals surface area (Å²) >= 11 is 0. The first-order valence-electron chi connectivity index (χ1n) is 11.2. The van der Waals surface area contributed by atoms with E-state index in [0.717, 1.165) is 5.57 Å². The monoisotopic (exact) mass is 450 g/mol. The Labute approximate surface area is 193 Å². The van der Waals surface area contributed by atoms with E-state index in [2.05, 4.69) is 6.92 Å². The molecule has 33 heavy (non-hydrogen) atoms. The van der Waals surface area contributed by atoms with E-state index in [1.54, 1.807) is 0 Å². The van der Waals surface area contributed by atoms with Crippen molar-refractivity contribution in [3.05, 3.63) is 51.1 Å². The fraction of sp³-hybridized carbons (Fsp3) is 0.481. The number of benzene rings is 1. The van der Waals surface area contributed by atoms with Gasteiger partial charge in [-0.3, -0.25) is 14.4 Å². The van der Waals surface area contributed by atoms with E-state index in [0.29, 0.717) is 36.0 Å². The van der Waals surface area contributed by atoms with Crippen LogP contribution in [-0.2, 0) is 20.7 Å². The van der Waals surface area contributed by atoms with Crippen molar-refractivity contribution in [2.45, 2.75) is 60.8 Å². The first-order chi connectivity index (χ1) is 15.2. The van der Waals surface area contributed by atoms with Crippen molar-refractivity contribution in [2.24, 2.45) is 16.2 Å². The Morgan fingerprint density at radius 3 is 2.27 bits per heavy atom. The lowest BCUT2D eigenvalue weighted by Crippen LogP contribution is -2.57. The van der Waals surface area contributed by atoms with Gasteiger partial charge in [-0.15, -0.1) is 0 Å². The highest BCUT2D eigenvalue weighted by Crippen LogP contribution is 2.66. The van der Waals surface area contributed by atoms with E-state index >= 15 is 0 Å². The van der Waals surface area contributed by atoms with Crippen molar-refractivity contribution < 1.29 is 29.0 Å². The SMILES string of the molecule is COC(=O)c1ccc(O)c2c1C[C@@]1(C)C[C@@]3(C)CC(C)=C(C(C)=O)C(=O)[C@@]3(C)C(C)=C1C2=O. The largest absolute Gasteiger partial charge is 0.507 e. The summed E-state index contributed by atoms with van der Waals surface area (Å²) in [5.74, 6) is -1.62. The summed E-state index contributed by atoms with van der Waals surface area (Å²) in [4.78, 5) is 52.5. The van der Waals surface area contributed by atoms with E-state index in [9.17, 15) is 24.3 Å². The maximum absolute atomic E-state index is 13.9. The van der Waals surface area contributed by atoms with Crippen LogP contribution in [0.3, 0.4) is 0 Å². The van der Waals surface area contributed by atoms with Gasteiger partial charge in [0.15, 0.2) is 17.3 Å². The molecule has 1 aromatic carbocycles. The zero-order valence-electron chi connectivity index (χ0n) is 20.3. The molecule has 3 atom stereocenters. The smallest absolute Gasteiger partial charge is 0.338 e. The van der Waals surface area contributed by atoms with Crippen LogP contribution >= 0.6 is 0 Å². The minimum atomic E-state index is -1.02. The normalized spacial score (nSPS) is 31.1. The average molecular weight is 451 g/mol. The highest BCUT2D eigenvalue weighted by atomic mass is 16.5. The fourth-order valence-electron chi connectivity index (χ4n) is 7.03. The number of allylic oxidation sites excluding steroid dienone is 4. The van der Waals surface area contributed by atoms with Crippen LogP contribution in [0.4, 0.5) is 0 Å². The molecule has 0 unspecified atom stereocenters. The molecule has 6 nitrogen and oxygen atoms in total. The predicted octanol–water partition coefficient (Wildman–Crippen LogP) is 4.54. The standard InChI is InChI=1S/C27H30O6/c1-13-10-26(5)12-25(4)11-17-16(24(32)33-7)8-9-18(29)20(17)22(30)21(25)14(2)27(26,6)23(31)19(13)15(3)28/h8-9,29H,10-12H2,1-7H3/t25-,26+,27+/m0/s1. The zero-order chi connectivity index (χ0) is 24.7. The minimum Gasteiger partial charge on any atom is -0.507 e. The molecule has 1 aromatic rings. The number of esters is 1. The number of phenolic OH excluding ortho intramolecular Hbond substituents is 1. The van der Waals surface area contributed by atoms with Gasteiger partial charge in [0.1, 0.15) is 5.75 Å². The van der Waals surface area contributed by atoms with Crippen molar-refractivity contribution in [3.63, 3.8) is 0 Å². The molecule has 0 amide bonds. The van der Waals surface area contributed by atoms with Crippen LogP contribution < -0.4 is 0 Å². The second-order valence-electron chi connectivity index (χ2n) is 10.6. The molecule has 0 heterocycles. The van der Waals surface area contributed by atoms with Gasteiger partial charge >= 0.3 is 5.97 Å². The average Bonchev–Trinajstić information content (AvgIpc) is 2.69. The summed E-state index contributed by atoms with van der Waals surface area (Å²) in [6.07, 6.45) is 1.45. The lowest BCUT2D eigenvalue weighted by Gasteiger charge is -2.59. The Bertz CT molecular complexity index is 1230. The van der Waals surface area contributed by atoms with Gasteiger partial charge < -0.3 is 9.84 Å². The van der Waals surface area contributed by atoms with Crippen molar-refractivity contribution >= 4 is 23.3 Å². The second-order valence-corrected chi connectivity index (χ2v) is 10.6. The molecule has 0 aliphatic heterocycles. The van der Waals surface area contributed by atoms with E-state index < -0.39 is 22.2 Å². The highest BCUT2D eigenvalue weighted by Gasteiger charge is 2.63. The predicted molar refractivity (Wildman–Crippen MR) is 122 cm³/mol. The summed E-state index contributed by atoms with van der Waals surface area (Å²) in [7, 11) is 1.28. The highest BCUT2D eigenvalue weighted by molar-refractivity contribution is 6.24. The van der Waals surface area contributed by atoms with Gasteiger partial charge in [-0.1, -0.05) is 25.0 Å². The van der Waals surface area contributed by atoms with Crippen molar-refractivity contribution in [3.8, 4) is 5.75 Å². The molecule has 4 rings (SSSR count). The molecule has 3 aliphatic carbocycles. The number of carbonyl (C=O) groups excluding carboxylic acids is 4. The molecule has 0 saturated carbocycles. The number of aromatic hydroxyl groups is 1. The fourth-order valence-corrected chi connectivity index (χ4v) is 7.03. The molecule has 0 aromatic heterocycles. The van der Waals surface area contributed by atoms with E-state index in [1.165, 1.54) is 26.2 Å². The number of Topliss-reactive ketones (excluding diaryl/α,β-unsaturated/α-hetero) is 3. The first kappa shape index (κ1) is 23.1. The van der Waals surface area contributed by atoms with Crippen LogP contribution in [0.5, 0.6) is 5.75 Å². The maximum atomic E-state index is 13.9. The summed E-state index contributed by atoms with van der Waals surface area (Å²) in [6, 6.07) is 2.82. The number of rotatable bonds is 2. The van der Waals surface area contributed by atoms with E-state index in [4.69, 9.17) is 4.74 Å². The van der Waals surface area contributed by atoms with Gasteiger partial charge in [0.25, 0.3) is 0 Å². The van der Waals surface area contributed by atoms with Crippen molar-refractivity contribution in [2.75, 3.05) is 7.11 Å². The number of phenols is 1. The summed E-state index contributed by atoms with van der Waals surface area (Å²) in [6.45, 7) is 11.0. The van der Waals surface area contributed by atoms with Crippen LogP contribution in [0, 0.1) is 16.2 Å². The van der Waals surface area contributed by atoms with Crippen LogP contribution in [0.1, 0.15) is 80.7 Å². The topological polar surface area (TPSA) is 97.7 Å². The van der Waals surface area contributed by atoms with Crippen LogP contribution in [0.25, 0.3) is 0 Å². The number of carbonyl (C=O) groups is 4. The number of ketones is 3. The van der Waals surface area contributed by atoms with Gasteiger partial charge in [0.2, 0.25) is 0 Å². The number of fused-ring (bicyclic) bond motifs is 3. The van der Waals surface area contributed by atoms with Gasteiger partial charge in [-0.2, -0.15) is 0 Å². The molecular weight excluding hydrogens is 420 g/mol. The lowest BCUT2D eigenvalue weighted by atomic mass is 9.42. The molecule has 0 spiro atoms. The first-order valence-corrected chi connectivity index (χ1v) is 11.2. The number of methoxy groups -OCH3 is 1. The Hall–Kier alpha value is -3.02. The lowest BCUT2D eigenvalue weighted by molar-refractivity contribution is -0.134. The molecule has 3 aliphatic rings. The minimum absolute atomic E-state index is 0.0960. The number of hydrogen-bond donors (Lipinski definition) is 1. The summed E-state index contributed by atoms with van der Waals surface area (Å²) in [5.41, 5.74) is 0.825. The molecule has 0 fully saturated rings. The third-order valence-corrected chi connectivity index (χ3v) is 8.55. The van der Waals surface area contributed by atoms with Crippen LogP contribution in [0.15, 0.2) is 34.4 Å². The van der Waals surface area contributed by atoms with Gasteiger partial charge in [0.05, 0.1) is 29.2 Å². The molecule has 0 radical (unpaired) electrons. The number of hydrogen-bond acceptors (Lipinski definition) is 6. The Balaban J connectivity index is 2.02. The van der Waals surface area contributed by atoms with Gasteiger partial charge in [-0.25, -0.2) is 4.79 Å².